The summed E-state index contributed by atoms with van der Waals surface area (Å²) in [6, 6.07) is 0. The molecule has 0 aromatic carbocycles. The van der Waals surface area contributed by atoms with Crippen LogP contribution in [0.3, 0.4) is 0 Å². The van der Waals surface area contributed by atoms with E-state index >= 15 is 0 Å². The molecule has 0 bridgehead atoms. The molecule has 8 unspecified atom stereocenters. The second kappa shape index (κ2) is 12.5. The zero-order valence-electron chi connectivity index (χ0n) is 21.6. The van der Waals surface area contributed by atoms with Crippen molar-refractivity contribution < 1.29 is 52.7 Å². The number of hydrogen-bond acceptors (Lipinski definition) is 10. The number of carboxylic acids is 1. The van der Waals surface area contributed by atoms with Gasteiger partial charge in [0.1, 0.15) is 17.6 Å². The molecule has 0 amide bonds. The second-order valence-corrected chi connectivity index (χ2v) is 10.7. The van der Waals surface area contributed by atoms with Gasteiger partial charge < -0.3 is 33.5 Å². The Hall–Kier alpha value is -2.68. The Morgan fingerprint density at radius 1 is 1.03 bits per heavy atom. The van der Waals surface area contributed by atoms with Crippen LogP contribution in [0.4, 0.5) is 0 Å². The van der Waals surface area contributed by atoms with Gasteiger partial charge in [0.15, 0.2) is 0 Å². The first-order chi connectivity index (χ1) is 18.2. The van der Waals surface area contributed by atoms with Crippen LogP contribution in [0.25, 0.3) is 0 Å². The van der Waals surface area contributed by atoms with E-state index in [1.807, 2.05) is 0 Å². The minimum atomic E-state index is -1.22. The fraction of sp³-hybridized carbons (Fsp3) is 0.778. The maximum Gasteiger partial charge on any atom is 0.323 e. The number of carboxylic acid groups (broad SMARTS) is 1. The molecular formula is C27H36O11. The number of carbonyl (C=O) groups excluding carboxylic acids is 3. The Morgan fingerprint density at radius 3 is 2.18 bits per heavy atom. The maximum absolute atomic E-state index is 13.2. The lowest BCUT2D eigenvalue weighted by molar-refractivity contribution is -0.162. The summed E-state index contributed by atoms with van der Waals surface area (Å²) in [7, 11) is 0. The Kier molecular flexibility index (Phi) is 9.28. The highest BCUT2D eigenvalue weighted by Gasteiger charge is 2.71. The average molecular weight is 537 g/mol. The fourth-order valence-electron chi connectivity index (χ4n) is 5.64. The summed E-state index contributed by atoms with van der Waals surface area (Å²) in [6.07, 6.45) is 11.4. The first-order valence-electron chi connectivity index (χ1n) is 13.4. The van der Waals surface area contributed by atoms with Gasteiger partial charge in [-0.15, -0.1) is 0 Å². The van der Waals surface area contributed by atoms with E-state index in [4.69, 9.17) is 34.8 Å². The summed E-state index contributed by atoms with van der Waals surface area (Å²) in [5, 5.41) is 9.83. The van der Waals surface area contributed by atoms with Crippen LogP contribution in [0.15, 0.2) is 0 Å². The lowest BCUT2D eigenvalue weighted by Gasteiger charge is -2.35. The molecule has 4 fully saturated rings. The molecule has 4 rings (SSSR count). The molecule has 1 saturated carbocycles. The van der Waals surface area contributed by atoms with Crippen LogP contribution in [0.2, 0.25) is 0 Å². The number of esters is 3. The molecule has 0 aromatic rings. The van der Waals surface area contributed by atoms with Crippen molar-refractivity contribution in [3.63, 3.8) is 0 Å². The molecule has 3 aliphatic heterocycles. The second-order valence-electron chi connectivity index (χ2n) is 10.7. The van der Waals surface area contributed by atoms with Crippen molar-refractivity contribution in [3.8, 4) is 12.5 Å². The van der Waals surface area contributed by atoms with Crippen molar-refractivity contribution in [2.75, 3.05) is 26.4 Å². The largest absolute Gasteiger partial charge is 0.481 e. The molecule has 8 atom stereocenters. The molecule has 1 aliphatic carbocycles. The van der Waals surface area contributed by atoms with E-state index in [0.29, 0.717) is 25.0 Å². The van der Waals surface area contributed by atoms with Crippen molar-refractivity contribution in [3.05, 3.63) is 0 Å². The Balaban J connectivity index is 1.40. The zero-order valence-corrected chi connectivity index (χ0v) is 21.6. The average Bonchev–Trinajstić information content (AvgIpc) is 3.73. The van der Waals surface area contributed by atoms with Gasteiger partial charge in [-0.2, -0.15) is 0 Å². The number of hydrogen-bond donors (Lipinski definition) is 1. The van der Waals surface area contributed by atoms with Gasteiger partial charge in [-0.05, 0) is 51.9 Å². The Morgan fingerprint density at radius 2 is 1.63 bits per heavy atom. The molecular weight excluding hydrogens is 500 g/mol. The van der Waals surface area contributed by atoms with Gasteiger partial charge in [-0.25, -0.2) is 0 Å². The van der Waals surface area contributed by atoms with Crippen molar-refractivity contribution in [1.29, 1.82) is 0 Å². The van der Waals surface area contributed by atoms with E-state index in [0.717, 1.165) is 38.9 Å². The van der Waals surface area contributed by atoms with Crippen molar-refractivity contribution in [2.24, 2.45) is 23.7 Å². The highest BCUT2D eigenvalue weighted by atomic mass is 16.6. The molecule has 3 heterocycles. The smallest absolute Gasteiger partial charge is 0.323 e. The Bertz CT molecular complexity index is 934. The van der Waals surface area contributed by atoms with Crippen LogP contribution in [0, 0.1) is 36.2 Å². The number of carbonyl (C=O) groups is 4. The number of rotatable bonds is 16. The minimum Gasteiger partial charge on any atom is -0.481 e. The number of aliphatic carboxylic acids is 1. The molecule has 1 N–H and O–H groups in total. The lowest BCUT2D eigenvalue weighted by Crippen LogP contribution is -2.49. The molecule has 210 valence electrons. The van der Waals surface area contributed by atoms with Gasteiger partial charge in [0.25, 0.3) is 0 Å². The summed E-state index contributed by atoms with van der Waals surface area (Å²) in [6.45, 7) is 3.52. The topological polar surface area (TPSA) is 154 Å². The van der Waals surface area contributed by atoms with E-state index in [2.05, 4.69) is 0 Å². The summed E-state index contributed by atoms with van der Waals surface area (Å²) in [5.74, 6) is -7.24. The number of terminal acetylenes is 1. The minimum absolute atomic E-state index is 0.0504. The van der Waals surface area contributed by atoms with E-state index in [1.165, 1.54) is 0 Å². The van der Waals surface area contributed by atoms with E-state index < -0.39 is 59.3 Å². The summed E-state index contributed by atoms with van der Waals surface area (Å²) < 4.78 is 31.8. The Labute approximate surface area is 221 Å². The van der Waals surface area contributed by atoms with Crippen LogP contribution in [-0.2, 0) is 47.6 Å². The number of unbranched alkanes of at least 4 members (excludes halogenated alkanes) is 2. The van der Waals surface area contributed by atoms with Gasteiger partial charge >= 0.3 is 23.9 Å². The third-order valence-corrected chi connectivity index (χ3v) is 7.91. The van der Waals surface area contributed by atoms with E-state index in [9.17, 15) is 24.3 Å². The summed E-state index contributed by atoms with van der Waals surface area (Å²) >= 11 is 0. The normalized spacial score (nSPS) is 33.2. The predicted octanol–water partition coefficient (Wildman–Crippen LogP) is 1.85. The predicted molar refractivity (Wildman–Crippen MR) is 128 cm³/mol. The van der Waals surface area contributed by atoms with Gasteiger partial charge in [-0.3, -0.25) is 19.2 Å². The van der Waals surface area contributed by atoms with Crippen LogP contribution >= 0.6 is 0 Å². The molecule has 0 aromatic heterocycles. The molecule has 0 spiro atoms. The molecule has 11 nitrogen and oxygen atoms in total. The van der Waals surface area contributed by atoms with E-state index in [-0.39, 0.29) is 26.1 Å². The fourth-order valence-corrected chi connectivity index (χ4v) is 5.64. The highest BCUT2D eigenvalue weighted by Crippen LogP contribution is 2.58. The maximum atomic E-state index is 13.2. The van der Waals surface area contributed by atoms with Crippen molar-refractivity contribution in [1.82, 2.24) is 0 Å². The molecule has 11 heteroatoms. The number of ether oxygens (including phenoxy) is 6. The summed E-state index contributed by atoms with van der Waals surface area (Å²) in [4.78, 5) is 50.7. The van der Waals surface area contributed by atoms with Gasteiger partial charge in [-0.1, -0.05) is 6.42 Å². The molecule has 0 radical (unpaired) electrons. The van der Waals surface area contributed by atoms with Gasteiger partial charge in [0.05, 0.1) is 63.0 Å². The lowest BCUT2D eigenvalue weighted by atomic mass is 9.64. The van der Waals surface area contributed by atoms with Crippen LogP contribution in [-0.4, -0.2) is 79.3 Å². The monoisotopic (exact) mass is 536 g/mol. The van der Waals surface area contributed by atoms with Crippen LogP contribution in [0.5, 0.6) is 0 Å². The quantitative estimate of drug-likeness (QED) is 0.101. The number of epoxide rings is 3. The van der Waals surface area contributed by atoms with Crippen molar-refractivity contribution in [2.45, 2.75) is 82.2 Å². The molecule has 3 saturated heterocycles. The third kappa shape index (κ3) is 7.24. The van der Waals surface area contributed by atoms with Gasteiger partial charge in [0, 0.05) is 5.92 Å². The highest BCUT2D eigenvalue weighted by molar-refractivity contribution is 5.85. The number of fused-ring (bicyclic) bond motifs is 1. The SMILES string of the molecule is C#COC(=O)C1CC(C(CC(=O)OCCCCC2CO2)C(=O)OCCCCC2CO2)C2OC2(C)C1C(=O)O. The first-order valence-corrected chi connectivity index (χ1v) is 13.4. The molecule has 4 aliphatic rings. The van der Waals surface area contributed by atoms with Crippen LogP contribution in [0.1, 0.15) is 58.3 Å². The first kappa shape index (κ1) is 28.3. The summed E-state index contributed by atoms with van der Waals surface area (Å²) in [5.41, 5.74) is -1.20. The zero-order chi connectivity index (χ0) is 27.3. The van der Waals surface area contributed by atoms with Gasteiger partial charge in [0.2, 0.25) is 0 Å². The third-order valence-electron chi connectivity index (χ3n) is 7.91. The standard InChI is InChI=1S/C27H36O11/c1-3-33-26(32)20-12-18(23-27(2,38-23)22(20)24(29)30)19(25(31)35-11-7-5-9-17-15-37-17)13-21(28)34-10-6-4-8-16-14-36-16/h1,16-20,22-23H,4-15H2,2H3,(H,29,30). The molecule has 38 heavy (non-hydrogen) atoms. The van der Waals surface area contributed by atoms with Crippen LogP contribution < -0.4 is 0 Å². The van der Waals surface area contributed by atoms with E-state index in [1.54, 1.807) is 13.0 Å². The van der Waals surface area contributed by atoms with Crippen molar-refractivity contribution >= 4 is 23.9 Å².